The maximum absolute atomic E-state index is 12.7. The first-order chi connectivity index (χ1) is 9.26. The molecule has 120 valence electrons. The van der Waals surface area contributed by atoms with Gasteiger partial charge in [0, 0.05) is 12.6 Å². The Balaban J connectivity index is 2.86. The van der Waals surface area contributed by atoms with Crippen molar-refractivity contribution in [3.63, 3.8) is 0 Å². The average Bonchev–Trinajstić information content (AvgIpc) is 2.54. The van der Waals surface area contributed by atoms with Crippen molar-refractivity contribution in [3.8, 4) is 0 Å². The minimum atomic E-state index is -3.19. The predicted octanol–water partition coefficient (Wildman–Crippen LogP) is 2.74. The first-order valence-corrected chi connectivity index (χ1v) is 9.57. The first kappa shape index (κ1) is 17.9. The van der Waals surface area contributed by atoms with E-state index in [4.69, 9.17) is 5.73 Å². The van der Waals surface area contributed by atoms with Crippen molar-refractivity contribution in [2.75, 3.05) is 18.8 Å². The van der Waals surface area contributed by atoms with Gasteiger partial charge < -0.3 is 5.73 Å². The summed E-state index contributed by atoms with van der Waals surface area (Å²) in [6, 6.07) is 0.191. The fraction of sp³-hybridized carbons (Fsp3) is 1.00. The Morgan fingerprint density at radius 2 is 1.65 bits per heavy atom. The Morgan fingerprint density at radius 1 is 1.10 bits per heavy atom. The monoisotopic (exact) mass is 304 g/mol. The number of rotatable bonds is 6. The highest BCUT2D eigenvalue weighted by atomic mass is 32.2. The van der Waals surface area contributed by atoms with Gasteiger partial charge in [0.15, 0.2) is 0 Å². The lowest BCUT2D eigenvalue weighted by atomic mass is 10.0. The highest BCUT2D eigenvalue weighted by Crippen LogP contribution is 2.27. The van der Waals surface area contributed by atoms with Gasteiger partial charge in [-0.25, -0.2) is 8.42 Å². The van der Waals surface area contributed by atoms with Gasteiger partial charge in [0.05, 0.1) is 5.75 Å². The van der Waals surface area contributed by atoms with Gasteiger partial charge in [0.25, 0.3) is 0 Å². The van der Waals surface area contributed by atoms with Crippen LogP contribution in [-0.4, -0.2) is 37.6 Å². The largest absolute Gasteiger partial charge is 0.330 e. The molecule has 0 radical (unpaired) electrons. The number of hydrogen-bond donors (Lipinski definition) is 1. The van der Waals surface area contributed by atoms with Crippen LogP contribution < -0.4 is 5.73 Å². The number of nitrogens with two attached hydrogens (primary N) is 1. The average molecular weight is 305 g/mol. The molecule has 0 spiro atoms. The minimum absolute atomic E-state index is 0.191. The van der Waals surface area contributed by atoms with E-state index < -0.39 is 10.0 Å². The van der Waals surface area contributed by atoms with E-state index in [0.29, 0.717) is 13.1 Å². The van der Waals surface area contributed by atoms with Crippen LogP contribution in [0.1, 0.15) is 65.7 Å². The van der Waals surface area contributed by atoms with Crippen LogP contribution in [-0.2, 0) is 10.0 Å². The Morgan fingerprint density at radius 3 is 2.10 bits per heavy atom. The van der Waals surface area contributed by atoms with Gasteiger partial charge >= 0.3 is 0 Å². The number of hydrogen-bond acceptors (Lipinski definition) is 3. The van der Waals surface area contributed by atoms with Crippen molar-refractivity contribution >= 4 is 10.0 Å². The van der Waals surface area contributed by atoms with E-state index in [1.807, 2.05) is 20.8 Å². The molecular formula is C15H32N2O2S. The fourth-order valence-electron chi connectivity index (χ4n) is 2.97. The maximum Gasteiger partial charge on any atom is 0.214 e. The summed E-state index contributed by atoms with van der Waals surface area (Å²) in [6.07, 6.45) is 7.53. The van der Waals surface area contributed by atoms with E-state index in [0.717, 1.165) is 32.1 Å². The Kier molecular flexibility index (Phi) is 6.95. The first-order valence-electron chi connectivity index (χ1n) is 7.96. The van der Waals surface area contributed by atoms with Gasteiger partial charge in [-0.15, -0.1) is 0 Å². The second-order valence-electron chi connectivity index (χ2n) is 7.22. The van der Waals surface area contributed by atoms with Crippen LogP contribution in [0.4, 0.5) is 0 Å². The minimum Gasteiger partial charge on any atom is -0.330 e. The van der Waals surface area contributed by atoms with Crippen LogP contribution in [0.5, 0.6) is 0 Å². The van der Waals surface area contributed by atoms with E-state index in [-0.39, 0.29) is 17.2 Å². The van der Waals surface area contributed by atoms with Crippen LogP contribution in [0.2, 0.25) is 0 Å². The van der Waals surface area contributed by atoms with E-state index in [1.165, 1.54) is 12.8 Å². The molecule has 1 fully saturated rings. The molecule has 2 N–H and O–H groups in total. The molecule has 1 aliphatic rings. The van der Waals surface area contributed by atoms with Crippen molar-refractivity contribution in [3.05, 3.63) is 0 Å². The third-order valence-electron chi connectivity index (χ3n) is 3.79. The van der Waals surface area contributed by atoms with Crippen molar-refractivity contribution in [1.29, 1.82) is 0 Å². The molecule has 0 amide bonds. The summed E-state index contributed by atoms with van der Waals surface area (Å²) >= 11 is 0. The molecule has 0 aromatic heterocycles. The van der Waals surface area contributed by atoms with Crippen LogP contribution in [0.15, 0.2) is 0 Å². The third-order valence-corrected chi connectivity index (χ3v) is 6.21. The summed E-state index contributed by atoms with van der Waals surface area (Å²) in [5.41, 5.74) is 5.38. The standard InChI is InChI=1S/C15H32N2O2S/c1-15(2,3)13-20(18,19)17(12-8-11-16)14-9-6-4-5-7-10-14/h14H,4-13,16H2,1-3H3. The highest BCUT2D eigenvalue weighted by molar-refractivity contribution is 7.89. The molecule has 0 aromatic rings. The van der Waals surface area contributed by atoms with E-state index in [2.05, 4.69) is 0 Å². The molecule has 20 heavy (non-hydrogen) atoms. The molecule has 0 saturated heterocycles. The quantitative estimate of drug-likeness (QED) is 0.767. The van der Waals surface area contributed by atoms with Crippen molar-refractivity contribution in [1.82, 2.24) is 4.31 Å². The molecule has 4 nitrogen and oxygen atoms in total. The molecule has 0 heterocycles. The molecule has 5 heteroatoms. The second kappa shape index (κ2) is 7.76. The van der Waals surface area contributed by atoms with Crippen LogP contribution in [0.25, 0.3) is 0 Å². The number of sulfonamides is 1. The predicted molar refractivity (Wildman–Crippen MR) is 85.1 cm³/mol. The lowest BCUT2D eigenvalue weighted by Gasteiger charge is -2.32. The van der Waals surface area contributed by atoms with Crippen LogP contribution >= 0.6 is 0 Å². The van der Waals surface area contributed by atoms with Gasteiger partial charge in [-0.3, -0.25) is 0 Å². The van der Waals surface area contributed by atoms with Crippen LogP contribution in [0, 0.1) is 5.41 Å². The lowest BCUT2D eigenvalue weighted by molar-refractivity contribution is 0.285. The summed E-state index contributed by atoms with van der Waals surface area (Å²) in [6.45, 7) is 7.09. The van der Waals surface area contributed by atoms with Crippen LogP contribution in [0.3, 0.4) is 0 Å². The summed E-state index contributed by atoms with van der Waals surface area (Å²) in [7, 11) is -3.19. The molecule has 0 atom stereocenters. The Bertz CT molecular complexity index is 366. The molecule has 0 bridgehead atoms. The van der Waals surface area contributed by atoms with Crippen molar-refractivity contribution in [2.24, 2.45) is 11.1 Å². The highest BCUT2D eigenvalue weighted by Gasteiger charge is 2.32. The topological polar surface area (TPSA) is 63.4 Å². The molecule has 0 aromatic carbocycles. The summed E-state index contributed by atoms with van der Waals surface area (Å²) in [5, 5.41) is 0. The smallest absolute Gasteiger partial charge is 0.214 e. The van der Waals surface area contributed by atoms with E-state index in [9.17, 15) is 8.42 Å². The molecule has 1 rings (SSSR count). The van der Waals surface area contributed by atoms with Gasteiger partial charge in [0.2, 0.25) is 10.0 Å². The fourth-order valence-corrected chi connectivity index (χ4v) is 5.30. The SMILES string of the molecule is CC(C)(C)CS(=O)(=O)N(CCCN)C1CCCCCC1. The summed E-state index contributed by atoms with van der Waals surface area (Å²) in [4.78, 5) is 0. The lowest BCUT2D eigenvalue weighted by Crippen LogP contribution is -2.44. The van der Waals surface area contributed by atoms with Gasteiger partial charge in [0.1, 0.15) is 0 Å². The number of nitrogens with zero attached hydrogens (tertiary/aromatic N) is 1. The summed E-state index contributed by atoms with van der Waals surface area (Å²) < 4.78 is 27.3. The third kappa shape index (κ3) is 6.10. The van der Waals surface area contributed by atoms with Crippen molar-refractivity contribution in [2.45, 2.75) is 71.8 Å². The molecule has 0 unspecified atom stereocenters. The Labute approximate surface area is 125 Å². The zero-order valence-corrected chi connectivity index (χ0v) is 14.2. The normalized spacial score (nSPS) is 19.2. The molecule has 1 saturated carbocycles. The zero-order chi connectivity index (χ0) is 15.2. The molecular weight excluding hydrogens is 272 g/mol. The Hall–Kier alpha value is -0.130. The second-order valence-corrected chi connectivity index (χ2v) is 9.14. The zero-order valence-electron chi connectivity index (χ0n) is 13.4. The van der Waals surface area contributed by atoms with Crippen molar-refractivity contribution < 1.29 is 8.42 Å². The maximum atomic E-state index is 12.7. The van der Waals surface area contributed by atoms with E-state index in [1.54, 1.807) is 4.31 Å². The van der Waals surface area contributed by atoms with E-state index >= 15 is 0 Å². The van der Waals surface area contributed by atoms with Gasteiger partial charge in [-0.05, 0) is 31.2 Å². The van der Waals surface area contributed by atoms with Gasteiger partial charge in [-0.1, -0.05) is 46.5 Å². The molecule has 0 aliphatic heterocycles. The van der Waals surface area contributed by atoms with Gasteiger partial charge in [-0.2, -0.15) is 4.31 Å². The summed E-state index contributed by atoms with van der Waals surface area (Å²) in [5.74, 6) is 0.223. The molecule has 1 aliphatic carbocycles.